The summed E-state index contributed by atoms with van der Waals surface area (Å²) in [4.78, 5) is 25.7. The normalized spacial score (nSPS) is 17.5. The molecular formula is C21H27N5O2. The number of aryl methyl sites for hydroxylation is 1. The molecule has 1 aromatic carbocycles. The highest BCUT2D eigenvalue weighted by Gasteiger charge is 2.31. The first-order valence-electron chi connectivity index (χ1n) is 9.88. The average molecular weight is 381 g/mol. The van der Waals surface area contributed by atoms with Gasteiger partial charge in [0, 0.05) is 26.1 Å². The van der Waals surface area contributed by atoms with Gasteiger partial charge >= 0.3 is 0 Å². The quantitative estimate of drug-likeness (QED) is 0.872. The van der Waals surface area contributed by atoms with Gasteiger partial charge in [-0.2, -0.15) is 4.98 Å². The van der Waals surface area contributed by atoms with E-state index >= 15 is 0 Å². The third-order valence-electron chi connectivity index (χ3n) is 5.69. The number of ether oxygens (including phenoxy) is 1. The molecule has 7 nitrogen and oxygen atoms in total. The lowest BCUT2D eigenvalue weighted by Crippen LogP contribution is -2.34. The molecule has 0 saturated heterocycles. The van der Waals surface area contributed by atoms with Crippen molar-refractivity contribution in [2.45, 2.75) is 45.1 Å². The van der Waals surface area contributed by atoms with Crippen molar-refractivity contribution < 1.29 is 9.53 Å². The number of methoxy groups -OCH3 is 1. The molecule has 4 rings (SSSR count). The molecule has 28 heavy (non-hydrogen) atoms. The maximum Gasteiger partial charge on any atom is 0.229 e. The Kier molecular flexibility index (Phi) is 5.07. The molecule has 148 valence electrons. The largest absolute Gasteiger partial charge is 0.495 e. The summed E-state index contributed by atoms with van der Waals surface area (Å²) in [6.45, 7) is 2.72. The van der Waals surface area contributed by atoms with Gasteiger partial charge in [0.15, 0.2) is 5.82 Å². The number of hydrogen-bond acceptors (Lipinski definition) is 6. The zero-order valence-electron chi connectivity index (χ0n) is 16.7. The number of anilines is 4. The van der Waals surface area contributed by atoms with Crippen LogP contribution in [0.4, 0.5) is 23.1 Å². The van der Waals surface area contributed by atoms with Crippen LogP contribution >= 0.6 is 0 Å². The van der Waals surface area contributed by atoms with Crippen LogP contribution in [0.25, 0.3) is 0 Å². The van der Waals surface area contributed by atoms with E-state index in [2.05, 4.69) is 15.2 Å². The van der Waals surface area contributed by atoms with E-state index in [1.807, 2.05) is 25.1 Å². The van der Waals surface area contributed by atoms with Crippen LogP contribution in [0.5, 0.6) is 5.75 Å². The zero-order chi connectivity index (χ0) is 19.7. The summed E-state index contributed by atoms with van der Waals surface area (Å²) < 4.78 is 5.48. The highest BCUT2D eigenvalue weighted by atomic mass is 16.5. The number of nitrogens with one attached hydrogen (secondary N) is 1. The van der Waals surface area contributed by atoms with Gasteiger partial charge in [0.1, 0.15) is 11.4 Å². The topological polar surface area (TPSA) is 70.6 Å². The molecule has 1 aliphatic heterocycles. The van der Waals surface area contributed by atoms with Gasteiger partial charge in [-0.3, -0.25) is 4.79 Å². The molecular weight excluding hydrogens is 354 g/mol. The molecule has 0 bridgehead atoms. The van der Waals surface area contributed by atoms with E-state index in [1.165, 1.54) is 12.8 Å². The van der Waals surface area contributed by atoms with E-state index in [-0.39, 0.29) is 5.91 Å². The second kappa shape index (κ2) is 7.66. The van der Waals surface area contributed by atoms with Crippen molar-refractivity contribution in [1.82, 2.24) is 9.97 Å². The van der Waals surface area contributed by atoms with Gasteiger partial charge < -0.3 is 19.9 Å². The molecule has 2 aromatic rings. The van der Waals surface area contributed by atoms with Crippen LogP contribution in [0.15, 0.2) is 24.4 Å². The summed E-state index contributed by atoms with van der Waals surface area (Å²) in [5, 5.41) is 3.28. The van der Waals surface area contributed by atoms with Crippen molar-refractivity contribution in [3.63, 3.8) is 0 Å². The maximum atomic E-state index is 12.4. The Hall–Kier alpha value is -2.83. The summed E-state index contributed by atoms with van der Waals surface area (Å²) in [6.07, 6.45) is 7.01. The third kappa shape index (κ3) is 3.48. The SMILES string of the molecule is COc1cc(C)ccc1Nc1ncc2c(n1)N(C1CCCC1)CCC(=O)N2C. The van der Waals surface area contributed by atoms with Crippen molar-refractivity contribution >= 4 is 29.0 Å². The van der Waals surface area contributed by atoms with Crippen molar-refractivity contribution in [2.75, 3.05) is 35.8 Å². The maximum absolute atomic E-state index is 12.4. The van der Waals surface area contributed by atoms with E-state index in [0.717, 1.165) is 41.3 Å². The fourth-order valence-corrected chi connectivity index (χ4v) is 4.09. The number of aromatic nitrogens is 2. The number of amides is 1. The lowest BCUT2D eigenvalue weighted by Gasteiger charge is -2.30. The van der Waals surface area contributed by atoms with Crippen LogP contribution in [0.3, 0.4) is 0 Å². The standard InChI is InChI=1S/C21H27N5O2/c1-14-8-9-16(18(12-14)28-3)23-21-22-13-17-20(24-21)26(15-6-4-5-7-15)11-10-19(27)25(17)2/h8-9,12-13,15H,4-7,10-11H2,1-3H3,(H,22,23,24). The molecule has 0 radical (unpaired) electrons. The fraction of sp³-hybridized carbons (Fsp3) is 0.476. The summed E-state index contributed by atoms with van der Waals surface area (Å²) in [5.41, 5.74) is 2.71. The zero-order valence-corrected chi connectivity index (χ0v) is 16.7. The highest BCUT2D eigenvalue weighted by Crippen LogP contribution is 2.36. The number of rotatable bonds is 4. The molecule has 1 N–H and O–H groups in total. The first-order valence-corrected chi connectivity index (χ1v) is 9.88. The molecule has 0 spiro atoms. The van der Waals surface area contributed by atoms with Crippen molar-refractivity contribution in [2.24, 2.45) is 0 Å². The number of hydrogen-bond donors (Lipinski definition) is 1. The Morgan fingerprint density at radius 3 is 2.79 bits per heavy atom. The Bertz CT molecular complexity index is 879. The summed E-state index contributed by atoms with van der Waals surface area (Å²) >= 11 is 0. The molecule has 1 aromatic heterocycles. The van der Waals surface area contributed by atoms with Crippen LogP contribution < -0.4 is 19.9 Å². The third-order valence-corrected chi connectivity index (χ3v) is 5.69. The predicted octanol–water partition coefficient (Wildman–Crippen LogP) is 3.65. The van der Waals surface area contributed by atoms with E-state index in [1.54, 1.807) is 25.3 Å². The predicted molar refractivity (Wildman–Crippen MR) is 111 cm³/mol. The molecule has 0 atom stereocenters. The lowest BCUT2D eigenvalue weighted by atomic mass is 10.2. The Morgan fingerprint density at radius 1 is 1.25 bits per heavy atom. The fourth-order valence-electron chi connectivity index (χ4n) is 4.09. The van der Waals surface area contributed by atoms with Gasteiger partial charge in [-0.05, 0) is 37.5 Å². The van der Waals surface area contributed by atoms with Crippen LogP contribution in [-0.2, 0) is 4.79 Å². The lowest BCUT2D eigenvalue weighted by molar-refractivity contribution is -0.118. The Labute approximate surface area is 165 Å². The second-order valence-electron chi connectivity index (χ2n) is 7.57. The number of nitrogens with zero attached hydrogens (tertiary/aromatic N) is 4. The van der Waals surface area contributed by atoms with Gasteiger partial charge in [-0.25, -0.2) is 4.98 Å². The van der Waals surface area contributed by atoms with Crippen molar-refractivity contribution in [1.29, 1.82) is 0 Å². The molecule has 2 heterocycles. The van der Waals surface area contributed by atoms with Gasteiger partial charge in [0.25, 0.3) is 0 Å². The van der Waals surface area contributed by atoms with Gasteiger partial charge in [-0.1, -0.05) is 18.9 Å². The van der Waals surface area contributed by atoms with Crippen LogP contribution in [0.1, 0.15) is 37.7 Å². The molecule has 7 heteroatoms. The molecule has 0 unspecified atom stereocenters. The molecule has 1 amide bonds. The molecule has 1 saturated carbocycles. The van der Waals surface area contributed by atoms with Crippen LogP contribution in [-0.4, -0.2) is 42.6 Å². The minimum atomic E-state index is 0.103. The van der Waals surface area contributed by atoms with E-state index in [4.69, 9.17) is 9.72 Å². The molecule has 1 aliphatic carbocycles. The number of benzene rings is 1. The van der Waals surface area contributed by atoms with Crippen LogP contribution in [0.2, 0.25) is 0 Å². The second-order valence-corrected chi connectivity index (χ2v) is 7.57. The Morgan fingerprint density at radius 2 is 2.04 bits per heavy atom. The summed E-state index contributed by atoms with van der Waals surface area (Å²) in [5.74, 6) is 2.19. The molecule has 1 fully saturated rings. The number of carbonyl (C=O) groups excluding carboxylic acids is 1. The Balaban J connectivity index is 1.71. The van der Waals surface area contributed by atoms with E-state index < -0.39 is 0 Å². The molecule has 2 aliphatic rings. The van der Waals surface area contributed by atoms with E-state index in [0.29, 0.717) is 25.0 Å². The number of fused-ring (bicyclic) bond motifs is 1. The van der Waals surface area contributed by atoms with Gasteiger partial charge in [0.2, 0.25) is 11.9 Å². The summed E-state index contributed by atoms with van der Waals surface area (Å²) in [7, 11) is 3.46. The summed E-state index contributed by atoms with van der Waals surface area (Å²) in [6, 6.07) is 6.40. The van der Waals surface area contributed by atoms with E-state index in [9.17, 15) is 4.79 Å². The number of carbonyl (C=O) groups is 1. The van der Waals surface area contributed by atoms with Crippen molar-refractivity contribution in [3.05, 3.63) is 30.0 Å². The highest BCUT2D eigenvalue weighted by molar-refractivity contribution is 5.97. The van der Waals surface area contributed by atoms with Crippen molar-refractivity contribution in [3.8, 4) is 5.75 Å². The first-order chi connectivity index (χ1) is 13.6. The van der Waals surface area contributed by atoms with Gasteiger partial charge in [0.05, 0.1) is 19.0 Å². The first kappa shape index (κ1) is 18.5. The average Bonchev–Trinajstić information content (AvgIpc) is 3.19. The smallest absolute Gasteiger partial charge is 0.229 e. The van der Waals surface area contributed by atoms with Gasteiger partial charge in [-0.15, -0.1) is 0 Å². The minimum Gasteiger partial charge on any atom is -0.495 e. The minimum absolute atomic E-state index is 0.103. The van der Waals surface area contributed by atoms with Crippen LogP contribution in [0, 0.1) is 6.92 Å². The monoisotopic (exact) mass is 381 g/mol.